The second kappa shape index (κ2) is 9.63. The molecular formula is C22H25N5O5. The molecule has 0 radical (unpaired) electrons. The van der Waals surface area contributed by atoms with Crippen molar-refractivity contribution in [2.24, 2.45) is 5.92 Å². The van der Waals surface area contributed by atoms with Gasteiger partial charge in [0.15, 0.2) is 12.7 Å². The molecule has 0 spiro atoms. The van der Waals surface area contributed by atoms with Gasteiger partial charge in [-0.1, -0.05) is 12.1 Å². The minimum Gasteiger partial charge on any atom is -0.477 e. The molecule has 1 atom stereocenters. The third kappa shape index (κ3) is 4.63. The second-order valence-electron chi connectivity index (χ2n) is 7.61. The maximum absolute atomic E-state index is 12.9. The van der Waals surface area contributed by atoms with E-state index in [0.717, 1.165) is 0 Å². The Balaban J connectivity index is 1.33. The molecule has 1 aromatic heterocycles. The summed E-state index contributed by atoms with van der Waals surface area (Å²) < 4.78 is 11.1. The maximum atomic E-state index is 12.9. The number of nitrogens with zero attached hydrogens (tertiary/aromatic N) is 4. The van der Waals surface area contributed by atoms with Crippen molar-refractivity contribution >= 4 is 29.4 Å². The smallest absolute Gasteiger partial charge is 0.309 e. The van der Waals surface area contributed by atoms with E-state index in [1.807, 2.05) is 4.90 Å². The van der Waals surface area contributed by atoms with Crippen molar-refractivity contribution < 1.29 is 23.9 Å². The number of piperidine rings is 1. The number of carbonyl (C=O) groups is 3. The maximum Gasteiger partial charge on any atom is 0.309 e. The molecule has 168 valence electrons. The molecule has 1 fully saturated rings. The SMILES string of the molecule is CNC(=O)C1CN(C(=O)COC(=O)C2CCN(c3ncccn3)CC2)c2ccccc2O1. The topological polar surface area (TPSA) is 114 Å². The third-order valence-electron chi connectivity index (χ3n) is 5.61. The lowest BCUT2D eigenvalue weighted by molar-refractivity contribution is -0.152. The zero-order valence-electron chi connectivity index (χ0n) is 17.8. The van der Waals surface area contributed by atoms with Crippen LogP contribution in [0.25, 0.3) is 0 Å². The van der Waals surface area contributed by atoms with E-state index in [1.165, 1.54) is 11.9 Å². The molecule has 0 saturated carbocycles. The van der Waals surface area contributed by atoms with Crippen LogP contribution in [-0.2, 0) is 19.1 Å². The van der Waals surface area contributed by atoms with Gasteiger partial charge in [0.25, 0.3) is 11.8 Å². The number of esters is 1. The predicted molar refractivity (Wildman–Crippen MR) is 115 cm³/mol. The van der Waals surface area contributed by atoms with Crippen molar-refractivity contribution in [3.8, 4) is 5.75 Å². The highest BCUT2D eigenvalue weighted by Gasteiger charge is 2.34. The van der Waals surface area contributed by atoms with Crippen molar-refractivity contribution in [1.29, 1.82) is 0 Å². The van der Waals surface area contributed by atoms with E-state index in [9.17, 15) is 14.4 Å². The largest absolute Gasteiger partial charge is 0.477 e. The van der Waals surface area contributed by atoms with Crippen LogP contribution in [0, 0.1) is 5.92 Å². The number of rotatable bonds is 5. The van der Waals surface area contributed by atoms with Crippen molar-refractivity contribution in [2.45, 2.75) is 18.9 Å². The highest BCUT2D eigenvalue weighted by molar-refractivity contribution is 5.98. The standard InChI is InChI=1S/C22H25N5O5/c1-23-20(29)18-13-27(16-5-2-3-6-17(16)32-18)19(28)14-31-21(30)15-7-11-26(12-8-15)22-24-9-4-10-25-22/h2-6,9-10,15,18H,7-8,11-14H2,1H3,(H,23,29). The number of aromatic nitrogens is 2. The number of hydrogen-bond donors (Lipinski definition) is 1. The molecule has 0 bridgehead atoms. The summed E-state index contributed by atoms with van der Waals surface area (Å²) in [5, 5.41) is 2.53. The lowest BCUT2D eigenvalue weighted by Gasteiger charge is -2.34. The van der Waals surface area contributed by atoms with Crippen molar-refractivity contribution in [3.05, 3.63) is 42.7 Å². The molecule has 1 aromatic carbocycles. The van der Waals surface area contributed by atoms with Gasteiger partial charge in [0.1, 0.15) is 5.75 Å². The molecule has 4 rings (SSSR count). The van der Waals surface area contributed by atoms with Gasteiger partial charge in [0.2, 0.25) is 5.95 Å². The number of benzene rings is 1. The van der Waals surface area contributed by atoms with E-state index in [4.69, 9.17) is 9.47 Å². The fourth-order valence-electron chi connectivity index (χ4n) is 3.87. The van der Waals surface area contributed by atoms with Crippen LogP contribution in [0.1, 0.15) is 12.8 Å². The molecule has 1 N–H and O–H groups in total. The molecular weight excluding hydrogens is 414 g/mol. The molecule has 0 aliphatic carbocycles. The number of anilines is 2. The van der Waals surface area contributed by atoms with Crippen LogP contribution in [0.5, 0.6) is 5.75 Å². The summed E-state index contributed by atoms with van der Waals surface area (Å²) >= 11 is 0. The van der Waals surface area contributed by atoms with Gasteiger partial charge in [-0.3, -0.25) is 14.4 Å². The number of carbonyl (C=O) groups excluding carboxylic acids is 3. The van der Waals surface area contributed by atoms with Gasteiger partial charge < -0.3 is 24.6 Å². The van der Waals surface area contributed by atoms with Crippen LogP contribution in [0.15, 0.2) is 42.7 Å². The van der Waals surface area contributed by atoms with Gasteiger partial charge in [-0.2, -0.15) is 0 Å². The van der Waals surface area contributed by atoms with Crippen LogP contribution in [0.2, 0.25) is 0 Å². The van der Waals surface area contributed by atoms with Crippen molar-refractivity contribution in [3.63, 3.8) is 0 Å². The van der Waals surface area contributed by atoms with Gasteiger partial charge in [0, 0.05) is 32.5 Å². The molecule has 1 saturated heterocycles. The molecule has 1 unspecified atom stereocenters. The number of likely N-dealkylation sites (N-methyl/N-ethyl adjacent to an activating group) is 1. The Labute approximate surface area is 185 Å². The van der Waals surface area contributed by atoms with Crippen LogP contribution < -0.4 is 19.9 Å². The Morgan fingerprint density at radius 1 is 1.12 bits per heavy atom. The molecule has 2 aliphatic rings. The van der Waals surface area contributed by atoms with E-state index in [2.05, 4.69) is 15.3 Å². The van der Waals surface area contributed by atoms with Crippen LogP contribution in [0.4, 0.5) is 11.6 Å². The summed E-state index contributed by atoms with van der Waals surface area (Å²) in [6.07, 6.45) is 3.74. The van der Waals surface area contributed by atoms with Crippen molar-refractivity contribution in [2.75, 3.05) is 43.1 Å². The highest BCUT2D eigenvalue weighted by Crippen LogP contribution is 2.33. The lowest BCUT2D eigenvalue weighted by atomic mass is 9.97. The summed E-state index contributed by atoms with van der Waals surface area (Å²) in [7, 11) is 1.51. The Bertz CT molecular complexity index is 978. The zero-order valence-corrected chi connectivity index (χ0v) is 17.8. The fraction of sp³-hybridized carbons (Fsp3) is 0.409. The Kier molecular flexibility index (Phi) is 6.48. The first-order valence-electron chi connectivity index (χ1n) is 10.5. The Morgan fingerprint density at radius 2 is 1.84 bits per heavy atom. The number of para-hydroxylation sites is 2. The normalized spacial score (nSPS) is 18.3. The summed E-state index contributed by atoms with van der Waals surface area (Å²) in [5.41, 5.74) is 0.546. The quantitative estimate of drug-likeness (QED) is 0.680. The highest BCUT2D eigenvalue weighted by atomic mass is 16.5. The van der Waals surface area contributed by atoms with E-state index in [-0.39, 0.29) is 18.4 Å². The van der Waals surface area contributed by atoms with Crippen molar-refractivity contribution in [1.82, 2.24) is 15.3 Å². The first-order chi connectivity index (χ1) is 15.6. The Hall–Kier alpha value is -3.69. The minimum atomic E-state index is -0.834. The van der Waals surface area contributed by atoms with Gasteiger partial charge in [-0.05, 0) is 31.0 Å². The lowest BCUT2D eigenvalue weighted by Crippen LogP contribution is -2.51. The third-order valence-corrected chi connectivity index (χ3v) is 5.61. The van der Waals surface area contributed by atoms with Crippen LogP contribution >= 0.6 is 0 Å². The number of amides is 2. The predicted octanol–water partition coefficient (Wildman–Crippen LogP) is 0.776. The van der Waals surface area contributed by atoms with Gasteiger partial charge >= 0.3 is 5.97 Å². The summed E-state index contributed by atoms with van der Waals surface area (Å²) in [4.78, 5) is 49.4. The minimum absolute atomic E-state index is 0.0442. The van der Waals surface area contributed by atoms with E-state index in [1.54, 1.807) is 42.7 Å². The molecule has 3 heterocycles. The molecule has 10 heteroatoms. The van der Waals surface area contributed by atoms with E-state index in [0.29, 0.717) is 43.3 Å². The second-order valence-corrected chi connectivity index (χ2v) is 7.61. The molecule has 2 aliphatic heterocycles. The summed E-state index contributed by atoms with van der Waals surface area (Å²) in [5.74, 6) is -0.329. The number of fused-ring (bicyclic) bond motifs is 1. The molecule has 10 nitrogen and oxygen atoms in total. The monoisotopic (exact) mass is 439 g/mol. The first kappa shape index (κ1) is 21.5. The van der Waals surface area contributed by atoms with E-state index >= 15 is 0 Å². The van der Waals surface area contributed by atoms with Gasteiger partial charge in [-0.25, -0.2) is 9.97 Å². The molecule has 2 amide bonds. The zero-order chi connectivity index (χ0) is 22.5. The molecule has 32 heavy (non-hydrogen) atoms. The molecule has 2 aromatic rings. The average Bonchev–Trinajstić information content (AvgIpc) is 2.86. The average molecular weight is 439 g/mol. The van der Waals surface area contributed by atoms with Crippen LogP contribution in [0.3, 0.4) is 0 Å². The number of nitrogens with one attached hydrogen (secondary N) is 1. The summed E-state index contributed by atoms with van der Waals surface area (Å²) in [6, 6.07) is 8.73. The van der Waals surface area contributed by atoms with Gasteiger partial charge in [0.05, 0.1) is 18.2 Å². The fourth-order valence-corrected chi connectivity index (χ4v) is 3.87. The number of hydrogen-bond acceptors (Lipinski definition) is 8. The number of ether oxygens (including phenoxy) is 2. The summed E-state index contributed by atoms with van der Waals surface area (Å²) in [6.45, 7) is 0.933. The van der Waals surface area contributed by atoms with Gasteiger partial charge in [-0.15, -0.1) is 0 Å². The first-order valence-corrected chi connectivity index (χ1v) is 10.5. The van der Waals surface area contributed by atoms with Crippen LogP contribution in [-0.4, -0.2) is 67.1 Å². The Morgan fingerprint density at radius 3 is 2.56 bits per heavy atom. The van der Waals surface area contributed by atoms with E-state index < -0.39 is 24.6 Å².